The number of aryl methyl sites for hydroxylation is 1. The fourth-order valence-electron chi connectivity index (χ4n) is 1.62. The van der Waals surface area contributed by atoms with Crippen LogP contribution in [0.15, 0.2) is 12.1 Å². The summed E-state index contributed by atoms with van der Waals surface area (Å²) in [4.78, 5) is 28.2. The lowest BCUT2D eigenvalue weighted by Gasteiger charge is -2.12. The quantitative estimate of drug-likeness (QED) is 0.473. The Labute approximate surface area is 114 Å². The van der Waals surface area contributed by atoms with E-state index in [1.807, 2.05) is 0 Å². The molecular weight excluding hydrogens is 292 g/mol. The van der Waals surface area contributed by atoms with Gasteiger partial charge in [0.15, 0.2) is 11.6 Å². The minimum absolute atomic E-state index is 0.0133. The summed E-state index contributed by atoms with van der Waals surface area (Å²) in [5.74, 6) is -2.99. The highest BCUT2D eigenvalue weighted by molar-refractivity contribution is 7.51. The predicted molar refractivity (Wildman–Crippen MR) is 68.0 cm³/mol. The van der Waals surface area contributed by atoms with Crippen LogP contribution in [0.4, 0.5) is 4.39 Å². The van der Waals surface area contributed by atoms with Crippen molar-refractivity contribution in [3.8, 4) is 5.75 Å². The van der Waals surface area contributed by atoms with Crippen molar-refractivity contribution in [2.75, 3.05) is 6.16 Å². The summed E-state index contributed by atoms with van der Waals surface area (Å²) in [6.07, 6.45) is -0.861. The first-order valence-electron chi connectivity index (χ1n) is 5.63. The normalized spacial score (nSPS) is 13.2. The molecule has 1 atom stereocenters. The first-order valence-corrected chi connectivity index (χ1v) is 7.43. The van der Waals surface area contributed by atoms with Gasteiger partial charge in [0.05, 0.1) is 6.16 Å². The number of carboxylic acid groups (broad SMARTS) is 1. The number of halogens is 1. The molecule has 1 rings (SSSR count). The van der Waals surface area contributed by atoms with E-state index in [0.29, 0.717) is 0 Å². The van der Waals surface area contributed by atoms with Crippen molar-refractivity contribution in [1.29, 1.82) is 0 Å². The fourth-order valence-corrected chi connectivity index (χ4v) is 2.17. The van der Waals surface area contributed by atoms with Gasteiger partial charge in [-0.3, -0.25) is 9.36 Å². The monoisotopic (exact) mass is 307 g/mol. The molecule has 9 heteroatoms. The molecule has 0 aliphatic carbocycles. The van der Waals surface area contributed by atoms with E-state index in [0.717, 1.165) is 6.07 Å². The zero-order valence-electron chi connectivity index (χ0n) is 10.4. The Morgan fingerprint density at radius 1 is 1.40 bits per heavy atom. The van der Waals surface area contributed by atoms with Gasteiger partial charge in [0, 0.05) is 6.42 Å². The highest BCUT2D eigenvalue weighted by Crippen LogP contribution is 2.35. The molecule has 0 aromatic heterocycles. The van der Waals surface area contributed by atoms with Gasteiger partial charge >= 0.3 is 13.6 Å². The average Bonchev–Trinajstić information content (AvgIpc) is 2.31. The van der Waals surface area contributed by atoms with Crippen LogP contribution in [0.3, 0.4) is 0 Å². The van der Waals surface area contributed by atoms with Crippen LogP contribution in [-0.4, -0.2) is 38.2 Å². The predicted octanol–water partition coefficient (Wildman–Crippen LogP) is 0.206. The molecule has 7 nitrogen and oxygen atoms in total. The van der Waals surface area contributed by atoms with E-state index in [-0.39, 0.29) is 24.0 Å². The molecule has 0 saturated carbocycles. The minimum atomic E-state index is -4.22. The number of carbonyl (C=O) groups is 1. The number of carboxylic acids is 1. The standard InChI is InChI=1S/C11H15FNO6P/c12-8-4-6(1-2-20(17,18)19)3-7(10(8)14)5-9(13)11(15)16/h3-4,9,14H,1-2,5,13H2,(H,15,16)(H2,17,18,19)/t9-/m0/s1. The highest BCUT2D eigenvalue weighted by atomic mass is 31.2. The number of phenols is 1. The molecule has 6 N–H and O–H groups in total. The van der Waals surface area contributed by atoms with Crippen LogP contribution in [0.1, 0.15) is 11.1 Å². The Kier molecular flexibility index (Phi) is 5.24. The Balaban J connectivity index is 2.97. The molecule has 0 radical (unpaired) electrons. The molecule has 0 aliphatic heterocycles. The summed E-state index contributed by atoms with van der Waals surface area (Å²) >= 11 is 0. The third-order valence-corrected chi connectivity index (χ3v) is 3.46. The number of benzene rings is 1. The van der Waals surface area contributed by atoms with Crippen LogP contribution < -0.4 is 5.73 Å². The van der Waals surface area contributed by atoms with Gasteiger partial charge in [-0.2, -0.15) is 0 Å². The molecule has 1 aromatic rings. The van der Waals surface area contributed by atoms with E-state index in [9.17, 15) is 18.9 Å². The summed E-state index contributed by atoms with van der Waals surface area (Å²) in [5, 5.41) is 18.2. The summed E-state index contributed by atoms with van der Waals surface area (Å²) in [5.41, 5.74) is 5.54. The molecule has 0 fully saturated rings. The summed E-state index contributed by atoms with van der Waals surface area (Å²) < 4.78 is 24.2. The first kappa shape index (κ1) is 16.6. The number of aromatic hydroxyl groups is 1. The van der Waals surface area contributed by atoms with Crippen molar-refractivity contribution < 1.29 is 33.7 Å². The first-order chi connectivity index (χ1) is 9.10. The van der Waals surface area contributed by atoms with Crippen LogP contribution in [0.5, 0.6) is 5.75 Å². The zero-order chi connectivity index (χ0) is 15.5. The van der Waals surface area contributed by atoms with Gasteiger partial charge in [-0.1, -0.05) is 6.07 Å². The highest BCUT2D eigenvalue weighted by Gasteiger charge is 2.19. The molecule has 1 aromatic carbocycles. The van der Waals surface area contributed by atoms with Crippen molar-refractivity contribution in [3.63, 3.8) is 0 Å². The number of nitrogens with two attached hydrogens (primary N) is 1. The maximum Gasteiger partial charge on any atom is 0.325 e. The maximum absolute atomic E-state index is 13.5. The maximum atomic E-state index is 13.5. The van der Waals surface area contributed by atoms with E-state index >= 15 is 0 Å². The molecule has 0 saturated heterocycles. The zero-order valence-corrected chi connectivity index (χ0v) is 11.3. The molecule has 0 heterocycles. The number of aliphatic carboxylic acids is 1. The Bertz CT molecular complexity index is 558. The fraction of sp³-hybridized carbons (Fsp3) is 0.364. The third-order valence-electron chi connectivity index (χ3n) is 2.65. The van der Waals surface area contributed by atoms with Gasteiger partial charge in [0.2, 0.25) is 0 Å². The van der Waals surface area contributed by atoms with E-state index < -0.39 is 37.3 Å². The van der Waals surface area contributed by atoms with Crippen LogP contribution in [0.25, 0.3) is 0 Å². The molecule has 0 unspecified atom stereocenters. The Hall–Kier alpha value is -1.47. The smallest absolute Gasteiger partial charge is 0.325 e. The van der Waals surface area contributed by atoms with Gasteiger partial charge < -0.3 is 25.7 Å². The van der Waals surface area contributed by atoms with Gasteiger partial charge in [0.1, 0.15) is 6.04 Å². The number of rotatable bonds is 6. The molecule has 112 valence electrons. The second kappa shape index (κ2) is 6.32. The molecule has 0 bridgehead atoms. The summed E-state index contributed by atoms with van der Waals surface area (Å²) in [7, 11) is -4.22. The van der Waals surface area contributed by atoms with Crippen molar-refractivity contribution >= 4 is 13.6 Å². The average molecular weight is 307 g/mol. The van der Waals surface area contributed by atoms with Crippen LogP contribution in [-0.2, 0) is 22.2 Å². The van der Waals surface area contributed by atoms with Gasteiger partial charge in [0.25, 0.3) is 0 Å². The second-order valence-corrected chi connectivity index (χ2v) is 6.15. The van der Waals surface area contributed by atoms with E-state index in [1.165, 1.54) is 6.07 Å². The lowest BCUT2D eigenvalue weighted by Crippen LogP contribution is -2.32. The summed E-state index contributed by atoms with van der Waals surface area (Å²) in [6.45, 7) is 0. The van der Waals surface area contributed by atoms with Gasteiger partial charge in [-0.25, -0.2) is 4.39 Å². The molecule has 20 heavy (non-hydrogen) atoms. The van der Waals surface area contributed by atoms with Gasteiger partial charge in [-0.15, -0.1) is 0 Å². The summed E-state index contributed by atoms with van der Waals surface area (Å²) in [6, 6.07) is 0.926. The van der Waals surface area contributed by atoms with E-state index in [1.54, 1.807) is 0 Å². The van der Waals surface area contributed by atoms with Crippen molar-refractivity contribution in [2.24, 2.45) is 5.73 Å². The molecule has 0 spiro atoms. The van der Waals surface area contributed by atoms with Crippen LogP contribution in [0.2, 0.25) is 0 Å². The third kappa shape index (κ3) is 4.90. The van der Waals surface area contributed by atoms with Crippen LogP contribution >= 0.6 is 7.60 Å². The van der Waals surface area contributed by atoms with Gasteiger partial charge in [-0.05, 0) is 23.6 Å². The topological polar surface area (TPSA) is 141 Å². The van der Waals surface area contributed by atoms with E-state index in [4.69, 9.17) is 20.6 Å². The molecular formula is C11H15FNO6P. The largest absolute Gasteiger partial charge is 0.505 e. The lowest BCUT2D eigenvalue weighted by molar-refractivity contribution is -0.138. The Morgan fingerprint density at radius 2 is 2.00 bits per heavy atom. The molecule has 0 aliphatic rings. The van der Waals surface area contributed by atoms with Crippen molar-refractivity contribution in [3.05, 3.63) is 29.1 Å². The SMILES string of the molecule is N[C@@H](Cc1cc(CCP(=O)(O)O)cc(F)c1O)C(=O)O. The number of hydrogen-bond acceptors (Lipinski definition) is 4. The van der Waals surface area contributed by atoms with E-state index in [2.05, 4.69) is 0 Å². The Morgan fingerprint density at radius 3 is 2.50 bits per heavy atom. The molecule has 0 amide bonds. The number of hydrogen-bond donors (Lipinski definition) is 5. The lowest BCUT2D eigenvalue weighted by atomic mass is 10.0. The van der Waals surface area contributed by atoms with Crippen molar-refractivity contribution in [1.82, 2.24) is 0 Å². The number of phenolic OH excluding ortho intramolecular Hbond substituents is 1. The van der Waals surface area contributed by atoms with Crippen molar-refractivity contribution in [2.45, 2.75) is 18.9 Å². The minimum Gasteiger partial charge on any atom is -0.505 e. The van der Waals surface area contributed by atoms with Crippen LogP contribution in [0, 0.1) is 5.82 Å². The second-order valence-electron chi connectivity index (χ2n) is 4.37.